The lowest BCUT2D eigenvalue weighted by atomic mass is 9.96. The molecule has 6 heteroatoms. The first-order chi connectivity index (χ1) is 9.74. The fraction of sp³-hybridized carbons (Fsp3) is 0.733. The molecule has 0 radical (unpaired) electrons. The molecule has 6 nitrogen and oxygen atoms in total. The minimum Gasteiger partial charge on any atom is -0.285 e. The maximum absolute atomic E-state index is 12.6. The van der Waals surface area contributed by atoms with Gasteiger partial charge in [0.15, 0.2) is 0 Å². The zero-order chi connectivity index (χ0) is 15.9. The van der Waals surface area contributed by atoms with Crippen molar-refractivity contribution in [3.63, 3.8) is 0 Å². The molecule has 1 aliphatic carbocycles. The van der Waals surface area contributed by atoms with Gasteiger partial charge in [0.05, 0.1) is 11.8 Å². The van der Waals surface area contributed by atoms with Crippen molar-refractivity contribution in [2.45, 2.75) is 45.6 Å². The Morgan fingerprint density at radius 2 is 1.76 bits per heavy atom. The average molecular weight is 294 g/mol. The highest BCUT2D eigenvalue weighted by molar-refractivity contribution is 6.06. The summed E-state index contributed by atoms with van der Waals surface area (Å²) in [4.78, 5) is 50.2. The molecule has 2 aliphatic rings. The Bertz CT molecular complexity index is 476. The average Bonchev–Trinajstić information content (AvgIpc) is 2.96. The van der Waals surface area contributed by atoms with Gasteiger partial charge in [-0.15, -0.1) is 0 Å². The van der Waals surface area contributed by atoms with Gasteiger partial charge < -0.3 is 0 Å². The maximum Gasteiger partial charge on any atom is 0.232 e. The van der Waals surface area contributed by atoms with Gasteiger partial charge in [0.1, 0.15) is 0 Å². The van der Waals surface area contributed by atoms with Gasteiger partial charge >= 0.3 is 0 Å². The summed E-state index contributed by atoms with van der Waals surface area (Å²) in [5.74, 6) is -1.88. The molecule has 2 atom stereocenters. The van der Waals surface area contributed by atoms with Gasteiger partial charge in [-0.3, -0.25) is 29.0 Å². The number of nitrogens with zero attached hydrogens (tertiary/aromatic N) is 2. The summed E-state index contributed by atoms with van der Waals surface area (Å²) in [5, 5.41) is 0. The topological polar surface area (TPSA) is 74.8 Å². The third kappa shape index (κ3) is 2.36. The molecule has 2 unspecified atom stereocenters. The van der Waals surface area contributed by atoms with Crippen molar-refractivity contribution in [3.05, 3.63) is 0 Å². The lowest BCUT2D eigenvalue weighted by Gasteiger charge is -2.35. The molecule has 21 heavy (non-hydrogen) atoms. The van der Waals surface area contributed by atoms with Crippen LogP contribution in [-0.4, -0.2) is 46.5 Å². The smallest absolute Gasteiger partial charge is 0.232 e. The van der Waals surface area contributed by atoms with Crippen LogP contribution in [0.2, 0.25) is 0 Å². The maximum atomic E-state index is 12.6. The van der Waals surface area contributed by atoms with E-state index in [-0.39, 0.29) is 17.7 Å². The largest absolute Gasteiger partial charge is 0.285 e. The number of likely N-dealkylation sites (tertiary alicyclic amines) is 1. The fourth-order valence-electron chi connectivity index (χ4n) is 3.25. The predicted octanol–water partition coefficient (Wildman–Crippen LogP) is 0.801. The van der Waals surface area contributed by atoms with E-state index in [2.05, 4.69) is 0 Å². The van der Waals surface area contributed by atoms with Gasteiger partial charge in [-0.05, 0) is 33.1 Å². The molecule has 116 valence electrons. The van der Waals surface area contributed by atoms with Gasteiger partial charge in [-0.25, -0.2) is 0 Å². The van der Waals surface area contributed by atoms with Crippen LogP contribution in [0.1, 0.15) is 40.0 Å². The van der Waals surface area contributed by atoms with Crippen LogP contribution in [-0.2, 0) is 19.2 Å². The summed E-state index contributed by atoms with van der Waals surface area (Å²) in [5.41, 5.74) is -0.554. The van der Waals surface area contributed by atoms with Crippen LogP contribution in [0.3, 0.4) is 0 Å². The molecule has 4 amide bonds. The molecular weight excluding hydrogens is 272 g/mol. The molecule has 1 heterocycles. The Morgan fingerprint density at radius 3 is 2.14 bits per heavy atom. The molecule has 0 N–H and O–H groups in total. The second-order valence-corrected chi connectivity index (χ2v) is 6.60. The monoisotopic (exact) mass is 294 g/mol. The highest BCUT2D eigenvalue weighted by atomic mass is 16.2. The standard InChI is InChI=1S/C15H22N2O4/c1-5-15(2,3)17(8-18)12(19)9-6-10-11(7-9)14(21)16(4)13(10)20/h8-11H,5-7H2,1-4H3. The summed E-state index contributed by atoms with van der Waals surface area (Å²) in [6, 6.07) is 0. The molecular formula is C15H22N2O4. The van der Waals surface area contributed by atoms with Gasteiger partial charge in [0, 0.05) is 18.5 Å². The number of carbonyl (C=O) groups excluding carboxylic acids is 4. The van der Waals surface area contributed by atoms with Crippen LogP contribution in [0.25, 0.3) is 0 Å². The molecule has 0 aromatic carbocycles. The molecule has 0 aromatic heterocycles. The van der Waals surface area contributed by atoms with Crippen LogP contribution in [0.5, 0.6) is 0 Å². The summed E-state index contributed by atoms with van der Waals surface area (Å²) >= 11 is 0. The molecule has 1 aliphatic heterocycles. The molecule has 0 bridgehead atoms. The lowest BCUT2D eigenvalue weighted by molar-refractivity contribution is -0.147. The Labute approximate surface area is 124 Å². The molecule has 0 spiro atoms. The van der Waals surface area contributed by atoms with E-state index in [0.29, 0.717) is 25.7 Å². The van der Waals surface area contributed by atoms with E-state index >= 15 is 0 Å². The van der Waals surface area contributed by atoms with Crippen molar-refractivity contribution < 1.29 is 19.2 Å². The Morgan fingerprint density at radius 1 is 1.29 bits per heavy atom. The highest BCUT2D eigenvalue weighted by Gasteiger charge is 2.53. The number of amides is 4. The highest BCUT2D eigenvalue weighted by Crippen LogP contribution is 2.43. The Balaban J connectivity index is 2.15. The van der Waals surface area contributed by atoms with Crippen LogP contribution in [0, 0.1) is 17.8 Å². The minimum atomic E-state index is -0.554. The van der Waals surface area contributed by atoms with Crippen molar-refractivity contribution in [3.8, 4) is 0 Å². The molecule has 1 saturated carbocycles. The second-order valence-electron chi connectivity index (χ2n) is 6.60. The minimum absolute atomic E-state index is 0.201. The Kier molecular flexibility index (Phi) is 3.91. The summed E-state index contributed by atoms with van der Waals surface area (Å²) < 4.78 is 0. The van der Waals surface area contributed by atoms with Crippen molar-refractivity contribution in [2.75, 3.05) is 7.05 Å². The van der Waals surface area contributed by atoms with Crippen LogP contribution >= 0.6 is 0 Å². The SMILES string of the molecule is CCC(C)(C)N(C=O)C(=O)C1CC2C(=O)N(C)C(=O)C2C1. The molecule has 0 aromatic rings. The molecule has 1 saturated heterocycles. The quantitative estimate of drug-likeness (QED) is 0.568. The van der Waals surface area contributed by atoms with Crippen LogP contribution < -0.4 is 0 Å². The first kappa shape index (κ1) is 15.7. The van der Waals surface area contributed by atoms with Crippen LogP contribution in [0.15, 0.2) is 0 Å². The van der Waals surface area contributed by atoms with Crippen molar-refractivity contribution >= 4 is 24.1 Å². The lowest BCUT2D eigenvalue weighted by Crippen LogP contribution is -2.48. The van der Waals surface area contributed by atoms with Gasteiger partial charge in [-0.1, -0.05) is 6.92 Å². The normalized spacial score (nSPS) is 28.8. The van der Waals surface area contributed by atoms with E-state index in [9.17, 15) is 19.2 Å². The number of fused-ring (bicyclic) bond motifs is 1. The van der Waals surface area contributed by atoms with E-state index in [4.69, 9.17) is 0 Å². The molecule has 2 fully saturated rings. The van der Waals surface area contributed by atoms with Crippen molar-refractivity contribution in [1.29, 1.82) is 0 Å². The van der Waals surface area contributed by atoms with Gasteiger partial charge in [0.25, 0.3) is 0 Å². The third-order valence-electron chi connectivity index (χ3n) is 5.07. The Hall–Kier alpha value is -1.72. The fourth-order valence-corrected chi connectivity index (χ4v) is 3.25. The van der Waals surface area contributed by atoms with Crippen molar-refractivity contribution in [1.82, 2.24) is 9.80 Å². The number of imide groups is 2. The van der Waals surface area contributed by atoms with E-state index in [1.165, 1.54) is 11.9 Å². The number of hydrogen-bond donors (Lipinski definition) is 0. The van der Waals surface area contributed by atoms with E-state index < -0.39 is 23.3 Å². The zero-order valence-electron chi connectivity index (χ0n) is 13.0. The summed E-state index contributed by atoms with van der Waals surface area (Å²) in [6.07, 6.45) is 1.94. The van der Waals surface area contributed by atoms with E-state index in [1.807, 2.05) is 20.8 Å². The van der Waals surface area contributed by atoms with Gasteiger partial charge in [-0.2, -0.15) is 0 Å². The first-order valence-corrected chi connectivity index (χ1v) is 7.34. The predicted molar refractivity (Wildman–Crippen MR) is 74.8 cm³/mol. The number of rotatable bonds is 4. The summed E-state index contributed by atoms with van der Waals surface area (Å²) in [7, 11) is 1.48. The van der Waals surface area contributed by atoms with E-state index in [0.717, 1.165) is 4.90 Å². The second kappa shape index (κ2) is 5.24. The number of hydrogen-bond acceptors (Lipinski definition) is 4. The van der Waals surface area contributed by atoms with Gasteiger partial charge in [0.2, 0.25) is 24.1 Å². The summed E-state index contributed by atoms with van der Waals surface area (Å²) in [6.45, 7) is 5.58. The third-order valence-corrected chi connectivity index (χ3v) is 5.07. The molecule has 2 rings (SSSR count). The zero-order valence-corrected chi connectivity index (χ0v) is 13.0. The van der Waals surface area contributed by atoms with E-state index in [1.54, 1.807) is 0 Å². The van der Waals surface area contributed by atoms with Crippen molar-refractivity contribution in [2.24, 2.45) is 17.8 Å². The number of carbonyl (C=O) groups is 4. The van der Waals surface area contributed by atoms with Crippen LogP contribution in [0.4, 0.5) is 0 Å². The first-order valence-electron chi connectivity index (χ1n) is 7.34.